The number of esters is 1. The number of nitrogens with one attached hydrogen (secondary N) is 1. The molecule has 0 saturated carbocycles. The predicted octanol–water partition coefficient (Wildman–Crippen LogP) is 2.79. The van der Waals surface area contributed by atoms with Crippen LogP contribution in [-0.2, 0) is 19.1 Å². The summed E-state index contributed by atoms with van der Waals surface area (Å²) in [5.74, 6) is -1.06. The Kier molecular flexibility index (Phi) is 8.52. The summed E-state index contributed by atoms with van der Waals surface area (Å²) in [6.07, 6.45) is -0.0784. The second kappa shape index (κ2) is 11.8. The van der Waals surface area contributed by atoms with Crippen molar-refractivity contribution >= 4 is 58.1 Å². The Morgan fingerprint density at radius 2 is 1.75 bits per heavy atom. The van der Waals surface area contributed by atoms with Crippen molar-refractivity contribution in [3.63, 3.8) is 0 Å². The van der Waals surface area contributed by atoms with Crippen molar-refractivity contribution < 1.29 is 23.9 Å². The highest BCUT2D eigenvalue weighted by Gasteiger charge is 2.44. The van der Waals surface area contributed by atoms with Gasteiger partial charge in [0.2, 0.25) is 5.91 Å². The second-order valence-electron chi connectivity index (χ2n) is 8.42. The molecule has 2 saturated heterocycles. The minimum Gasteiger partial charge on any atom is -0.465 e. The highest BCUT2D eigenvalue weighted by Crippen LogP contribution is 2.28. The molecule has 2 aliphatic rings. The molecule has 4 rings (SSSR count). The average Bonchev–Trinajstić information content (AvgIpc) is 3.12. The zero-order valence-electron chi connectivity index (χ0n) is 19.8. The van der Waals surface area contributed by atoms with E-state index in [1.807, 2.05) is 4.90 Å². The number of hydrogen-bond donors (Lipinski definition) is 1. The van der Waals surface area contributed by atoms with Crippen molar-refractivity contribution in [3.8, 4) is 0 Å². The summed E-state index contributed by atoms with van der Waals surface area (Å²) in [5, 5.41) is 3.71. The number of benzene rings is 2. The van der Waals surface area contributed by atoms with Gasteiger partial charge in [-0.15, -0.1) is 0 Å². The first kappa shape index (κ1) is 26.0. The van der Waals surface area contributed by atoms with E-state index in [0.717, 1.165) is 13.1 Å². The van der Waals surface area contributed by atoms with E-state index >= 15 is 0 Å². The van der Waals surface area contributed by atoms with E-state index in [-0.39, 0.29) is 18.2 Å². The molecule has 1 atom stereocenters. The van der Waals surface area contributed by atoms with Gasteiger partial charge in [-0.25, -0.2) is 4.79 Å². The molecule has 2 heterocycles. The number of amides is 2. The smallest absolute Gasteiger partial charge is 0.337 e. The lowest BCUT2D eigenvalue weighted by Crippen LogP contribution is -2.45. The third-order valence-corrected chi connectivity index (χ3v) is 6.80. The molecule has 36 heavy (non-hydrogen) atoms. The molecule has 11 heteroatoms. The third kappa shape index (κ3) is 6.01. The van der Waals surface area contributed by atoms with Gasteiger partial charge in [0, 0.05) is 36.9 Å². The predicted molar refractivity (Wildman–Crippen MR) is 140 cm³/mol. The van der Waals surface area contributed by atoms with Gasteiger partial charge in [0.05, 0.1) is 38.0 Å². The van der Waals surface area contributed by atoms with Crippen LogP contribution in [-0.4, -0.2) is 85.2 Å². The van der Waals surface area contributed by atoms with Gasteiger partial charge < -0.3 is 19.7 Å². The number of methoxy groups -OCH3 is 1. The Balaban J connectivity index is 1.49. The summed E-state index contributed by atoms with van der Waals surface area (Å²) in [7, 11) is 1.30. The van der Waals surface area contributed by atoms with Crippen LogP contribution < -0.4 is 10.2 Å². The van der Waals surface area contributed by atoms with Gasteiger partial charge in [-0.05, 0) is 60.7 Å². The van der Waals surface area contributed by atoms with Gasteiger partial charge >= 0.3 is 5.97 Å². The Labute approximate surface area is 219 Å². The number of carbonyl (C=O) groups excluding carboxylic acids is 3. The molecule has 0 aromatic heterocycles. The lowest BCUT2D eigenvalue weighted by atomic mass is 10.1. The van der Waals surface area contributed by atoms with Crippen LogP contribution in [0.15, 0.2) is 48.5 Å². The molecule has 0 aliphatic carbocycles. The first-order valence-corrected chi connectivity index (χ1v) is 12.3. The van der Waals surface area contributed by atoms with E-state index in [0.29, 0.717) is 53.4 Å². The van der Waals surface area contributed by atoms with Crippen molar-refractivity contribution in [1.29, 1.82) is 0 Å². The van der Waals surface area contributed by atoms with E-state index in [1.54, 1.807) is 48.5 Å². The lowest BCUT2D eigenvalue weighted by Gasteiger charge is -2.30. The van der Waals surface area contributed by atoms with Crippen LogP contribution in [0, 0.1) is 0 Å². The topological polar surface area (TPSA) is 91.4 Å². The second-order valence-corrected chi connectivity index (χ2v) is 9.22. The van der Waals surface area contributed by atoms with Crippen LogP contribution in [0.4, 0.5) is 11.4 Å². The van der Waals surface area contributed by atoms with Gasteiger partial charge in [0.1, 0.15) is 6.04 Å². The largest absolute Gasteiger partial charge is 0.465 e. The minimum absolute atomic E-state index is 0.0784. The summed E-state index contributed by atoms with van der Waals surface area (Å²) >= 11 is 11.7. The third-order valence-electron chi connectivity index (χ3n) is 6.13. The van der Waals surface area contributed by atoms with Crippen molar-refractivity contribution in [2.24, 2.45) is 0 Å². The van der Waals surface area contributed by atoms with Crippen molar-refractivity contribution in [2.75, 3.05) is 56.7 Å². The molecule has 0 spiro atoms. The highest BCUT2D eigenvalue weighted by atomic mass is 35.5. The Bertz CT molecular complexity index is 1120. The maximum Gasteiger partial charge on any atom is 0.337 e. The molecule has 2 aliphatic heterocycles. The molecule has 2 fully saturated rings. The zero-order valence-corrected chi connectivity index (χ0v) is 21.4. The quantitative estimate of drug-likeness (QED) is 0.411. The molecule has 1 unspecified atom stereocenters. The Morgan fingerprint density at radius 3 is 2.39 bits per heavy atom. The number of hydrogen-bond acceptors (Lipinski definition) is 7. The average molecular weight is 531 g/mol. The number of ether oxygens (including phenoxy) is 2. The number of nitrogens with zero attached hydrogens (tertiary/aromatic N) is 3. The maximum atomic E-state index is 13.5. The molecule has 9 nitrogen and oxygen atoms in total. The normalized spacial score (nSPS) is 18.4. The number of anilines is 2. The number of rotatable bonds is 8. The summed E-state index contributed by atoms with van der Waals surface area (Å²) in [6.45, 7) is 4.14. The molecule has 0 radical (unpaired) electrons. The molecule has 2 aromatic carbocycles. The Morgan fingerprint density at radius 1 is 1.08 bits per heavy atom. The standard InChI is InChI=1S/C25H27ClN4O5S/c1-34-24(33)17-2-6-19(7-3-17)27-22(31)16-21-23(32)30(20-8-4-18(26)5-9-20)25(36)29(21)11-10-28-12-14-35-15-13-28/h2-9,21H,10-16H2,1H3,(H,27,31). The highest BCUT2D eigenvalue weighted by molar-refractivity contribution is 7.80. The van der Waals surface area contributed by atoms with Crippen molar-refractivity contribution in [1.82, 2.24) is 9.80 Å². The number of halogens is 1. The van der Waals surface area contributed by atoms with Crippen LogP contribution in [0.3, 0.4) is 0 Å². The fourth-order valence-electron chi connectivity index (χ4n) is 4.18. The molecular formula is C25H27ClN4O5S. The van der Waals surface area contributed by atoms with Crippen LogP contribution in [0.1, 0.15) is 16.8 Å². The van der Waals surface area contributed by atoms with Crippen LogP contribution in [0.25, 0.3) is 0 Å². The first-order chi connectivity index (χ1) is 17.4. The van der Waals surface area contributed by atoms with Crippen LogP contribution in [0.2, 0.25) is 5.02 Å². The molecule has 190 valence electrons. The summed E-state index contributed by atoms with van der Waals surface area (Å²) in [4.78, 5) is 43.6. The molecular weight excluding hydrogens is 504 g/mol. The van der Waals surface area contributed by atoms with Crippen molar-refractivity contribution in [2.45, 2.75) is 12.5 Å². The van der Waals surface area contributed by atoms with Gasteiger partial charge in [-0.3, -0.25) is 19.4 Å². The summed E-state index contributed by atoms with van der Waals surface area (Å²) in [5.41, 5.74) is 1.49. The maximum absolute atomic E-state index is 13.5. The van der Waals surface area contributed by atoms with E-state index in [1.165, 1.54) is 12.0 Å². The monoisotopic (exact) mass is 530 g/mol. The van der Waals surface area contributed by atoms with E-state index in [2.05, 4.69) is 10.2 Å². The van der Waals surface area contributed by atoms with Gasteiger partial charge in [0.25, 0.3) is 5.91 Å². The number of thiocarbonyl (C=S) groups is 1. The fourth-order valence-corrected chi connectivity index (χ4v) is 4.72. The molecule has 1 N–H and O–H groups in total. The van der Waals surface area contributed by atoms with Crippen LogP contribution in [0.5, 0.6) is 0 Å². The first-order valence-electron chi connectivity index (χ1n) is 11.6. The molecule has 0 bridgehead atoms. The van der Waals surface area contributed by atoms with Gasteiger partial charge in [0.15, 0.2) is 5.11 Å². The molecule has 2 aromatic rings. The van der Waals surface area contributed by atoms with Gasteiger partial charge in [-0.2, -0.15) is 0 Å². The Hall–Kier alpha value is -3.05. The van der Waals surface area contributed by atoms with E-state index in [4.69, 9.17) is 33.3 Å². The van der Waals surface area contributed by atoms with Crippen LogP contribution >= 0.6 is 23.8 Å². The number of carbonyl (C=O) groups is 3. The lowest BCUT2D eigenvalue weighted by molar-refractivity contribution is -0.124. The zero-order chi connectivity index (χ0) is 25.7. The van der Waals surface area contributed by atoms with E-state index < -0.39 is 12.0 Å². The summed E-state index contributed by atoms with van der Waals surface area (Å²) in [6, 6.07) is 12.5. The number of morpholine rings is 1. The van der Waals surface area contributed by atoms with Crippen molar-refractivity contribution in [3.05, 3.63) is 59.1 Å². The van der Waals surface area contributed by atoms with E-state index in [9.17, 15) is 14.4 Å². The fraction of sp³-hybridized carbons (Fsp3) is 0.360. The minimum atomic E-state index is -0.747. The SMILES string of the molecule is COC(=O)c1ccc(NC(=O)CC2C(=O)N(c3ccc(Cl)cc3)C(=S)N2CCN2CCOCC2)cc1. The summed E-state index contributed by atoms with van der Waals surface area (Å²) < 4.78 is 10.1. The van der Waals surface area contributed by atoms with Gasteiger partial charge in [-0.1, -0.05) is 11.6 Å². The molecule has 2 amide bonds.